The van der Waals surface area contributed by atoms with Crippen molar-refractivity contribution in [3.8, 4) is 0 Å². The number of anilines is 1. The van der Waals surface area contributed by atoms with Crippen molar-refractivity contribution in [2.45, 2.75) is 20.1 Å². The van der Waals surface area contributed by atoms with Gasteiger partial charge in [-0.25, -0.2) is 14.8 Å². The molecule has 0 fully saturated rings. The highest BCUT2D eigenvalue weighted by Gasteiger charge is 2.08. The first kappa shape index (κ1) is 16.2. The molecule has 116 valence electrons. The third-order valence-corrected chi connectivity index (χ3v) is 2.81. The minimum absolute atomic E-state index is 0.178. The van der Waals surface area contributed by atoms with E-state index in [1.165, 1.54) is 6.07 Å². The van der Waals surface area contributed by atoms with Crippen molar-refractivity contribution >= 4 is 23.5 Å². The lowest BCUT2D eigenvalue weighted by atomic mass is 10.2. The maximum atomic E-state index is 11.8. The first-order valence-corrected chi connectivity index (χ1v) is 7.14. The smallest absolute Gasteiger partial charge is 0.413 e. The Labute approximate surface area is 133 Å². The molecule has 0 spiro atoms. The van der Waals surface area contributed by atoms with Gasteiger partial charge in [0.1, 0.15) is 24.2 Å². The second-order valence-corrected chi connectivity index (χ2v) is 4.70. The highest BCUT2D eigenvalue weighted by atomic mass is 35.5. The quantitative estimate of drug-likeness (QED) is 0.825. The van der Waals surface area contributed by atoms with Crippen LogP contribution in [0.25, 0.3) is 0 Å². The minimum Gasteiger partial charge on any atom is -0.444 e. The van der Waals surface area contributed by atoms with Gasteiger partial charge in [-0.15, -0.1) is 0 Å². The Kier molecular flexibility index (Phi) is 6.12. The van der Waals surface area contributed by atoms with Gasteiger partial charge in [0, 0.05) is 12.7 Å². The molecule has 1 aromatic carbocycles. The Balaban J connectivity index is 1.91. The summed E-state index contributed by atoms with van der Waals surface area (Å²) in [5.74, 6) is 0.667. The standard InChI is InChI=1S/C15H16ClN3O3/c1-2-21-10-14-17-12(16)8-13(18-14)19-15(20)22-9-11-6-4-3-5-7-11/h3-8H,2,9-10H2,1H3,(H,17,18,19,20). The number of nitrogens with one attached hydrogen (secondary N) is 1. The van der Waals surface area contributed by atoms with Crippen LogP contribution in [0.3, 0.4) is 0 Å². The van der Waals surface area contributed by atoms with Crippen molar-refractivity contribution in [2.24, 2.45) is 0 Å². The fourth-order valence-electron chi connectivity index (χ4n) is 1.65. The summed E-state index contributed by atoms with van der Waals surface area (Å²) in [6, 6.07) is 10.8. The molecule has 0 unspecified atom stereocenters. The highest BCUT2D eigenvalue weighted by Crippen LogP contribution is 2.13. The van der Waals surface area contributed by atoms with Gasteiger partial charge in [-0.1, -0.05) is 41.9 Å². The van der Waals surface area contributed by atoms with Crippen molar-refractivity contribution in [2.75, 3.05) is 11.9 Å². The predicted octanol–water partition coefficient (Wildman–Crippen LogP) is 3.42. The van der Waals surface area contributed by atoms with Crippen molar-refractivity contribution in [3.05, 3.63) is 52.9 Å². The van der Waals surface area contributed by atoms with Crippen molar-refractivity contribution in [3.63, 3.8) is 0 Å². The van der Waals surface area contributed by atoms with E-state index in [-0.39, 0.29) is 24.2 Å². The number of ether oxygens (including phenoxy) is 2. The van der Waals surface area contributed by atoms with E-state index in [9.17, 15) is 4.79 Å². The zero-order valence-electron chi connectivity index (χ0n) is 12.1. The lowest BCUT2D eigenvalue weighted by Gasteiger charge is -2.08. The van der Waals surface area contributed by atoms with Crippen molar-refractivity contribution in [1.29, 1.82) is 0 Å². The Morgan fingerprint density at radius 2 is 2.00 bits per heavy atom. The molecule has 0 saturated carbocycles. The van der Waals surface area contributed by atoms with Gasteiger partial charge in [0.25, 0.3) is 0 Å². The minimum atomic E-state index is -0.610. The van der Waals surface area contributed by atoms with Gasteiger partial charge < -0.3 is 9.47 Å². The van der Waals surface area contributed by atoms with Crippen molar-refractivity contribution < 1.29 is 14.3 Å². The molecule has 7 heteroatoms. The Morgan fingerprint density at radius 1 is 1.23 bits per heavy atom. The van der Waals surface area contributed by atoms with Gasteiger partial charge in [-0.05, 0) is 12.5 Å². The molecule has 1 amide bonds. The number of benzene rings is 1. The number of hydrogen-bond donors (Lipinski definition) is 1. The van der Waals surface area contributed by atoms with Gasteiger partial charge in [0.2, 0.25) is 0 Å². The van der Waals surface area contributed by atoms with Crippen LogP contribution in [0.4, 0.5) is 10.6 Å². The number of nitrogens with zero attached hydrogens (tertiary/aromatic N) is 2. The van der Waals surface area contributed by atoms with Crippen LogP contribution in [0.2, 0.25) is 5.15 Å². The number of halogens is 1. The predicted molar refractivity (Wildman–Crippen MR) is 82.6 cm³/mol. The third kappa shape index (κ3) is 5.31. The van der Waals surface area contributed by atoms with E-state index < -0.39 is 6.09 Å². The molecule has 0 aliphatic carbocycles. The average molecular weight is 322 g/mol. The van der Waals surface area contributed by atoms with Crippen molar-refractivity contribution in [1.82, 2.24) is 9.97 Å². The summed E-state index contributed by atoms with van der Waals surface area (Å²) in [5.41, 5.74) is 0.899. The first-order valence-electron chi connectivity index (χ1n) is 6.76. The van der Waals surface area contributed by atoms with Crippen LogP contribution >= 0.6 is 11.6 Å². The summed E-state index contributed by atoms with van der Waals surface area (Å²) in [6.45, 7) is 2.81. The summed E-state index contributed by atoms with van der Waals surface area (Å²) in [5, 5.41) is 2.74. The summed E-state index contributed by atoms with van der Waals surface area (Å²) in [6.07, 6.45) is -0.610. The van der Waals surface area contributed by atoms with E-state index in [2.05, 4.69) is 15.3 Å². The molecule has 0 saturated heterocycles. The number of carbonyl (C=O) groups is 1. The molecule has 1 heterocycles. The highest BCUT2D eigenvalue weighted by molar-refractivity contribution is 6.29. The summed E-state index contributed by atoms with van der Waals surface area (Å²) < 4.78 is 10.3. The molecule has 2 rings (SSSR count). The lowest BCUT2D eigenvalue weighted by molar-refractivity contribution is 0.128. The van der Waals surface area contributed by atoms with E-state index in [4.69, 9.17) is 21.1 Å². The van der Waals surface area contributed by atoms with Gasteiger partial charge in [0.05, 0.1) is 0 Å². The molecular formula is C15H16ClN3O3. The lowest BCUT2D eigenvalue weighted by Crippen LogP contribution is -2.15. The zero-order chi connectivity index (χ0) is 15.8. The fraction of sp³-hybridized carbons (Fsp3) is 0.267. The van der Waals surface area contributed by atoms with Crippen LogP contribution < -0.4 is 5.32 Å². The number of aromatic nitrogens is 2. The molecule has 2 aromatic rings. The van der Waals surface area contributed by atoms with E-state index in [0.29, 0.717) is 12.4 Å². The van der Waals surface area contributed by atoms with E-state index in [0.717, 1.165) is 5.56 Å². The molecule has 1 aromatic heterocycles. The molecule has 6 nitrogen and oxygen atoms in total. The second kappa shape index (κ2) is 8.31. The van der Waals surface area contributed by atoms with Crippen LogP contribution in [-0.4, -0.2) is 22.7 Å². The average Bonchev–Trinajstić information content (AvgIpc) is 2.51. The van der Waals surface area contributed by atoms with Crippen LogP contribution in [-0.2, 0) is 22.7 Å². The number of hydrogen-bond acceptors (Lipinski definition) is 5. The van der Waals surface area contributed by atoms with Crippen LogP contribution in [0, 0.1) is 0 Å². The number of carbonyl (C=O) groups excluding carboxylic acids is 1. The number of amides is 1. The van der Waals surface area contributed by atoms with Gasteiger partial charge in [-0.3, -0.25) is 5.32 Å². The molecule has 1 N–H and O–H groups in total. The SMILES string of the molecule is CCOCc1nc(Cl)cc(NC(=O)OCc2ccccc2)n1. The van der Waals surface area contributed by atoms with E-state index in [1.54, 1.807) is 0 Å². The third-order valence-electron chi connectivity index (χ3n) is 2.62. The Bertz CT molecular complexity index is 623. The molecule has 0 bridgehead atoms. The molecular weight excluding hydrogens is 306 g/mol. The molecule has 0 atom stereocenters. The first-order chi connectivity index (χ1) is 10.7. The molecule has 0 radical (unpaired) electrons. The maximum absolute atomic E-state index is 11.8. The van der Waals surface area contributed by atoms with E-state index >= 15 is 0 Å². The largest absolute Gasteiger partial charge is 0.444 e. The maximum Gasteiger partial charge on any atom is 0.413 e. The Hall–Kier alpha value is -2.18. The zero-order valence-corrected chi connectivity index (χ0v) is 12.8. The van der Waals surface area contributed by atoms with Gasteiger partial charge in [0.15, 0.2) is 5.82 Å². The van der Waals surface area contributed by atoms with Gasteiger partial charge >= 0.3 is 6.09 Å². The summed E-state index contributed by atoms with van der Waals surface area (Å²) in [4.78, 5) is 19.9. The normalized spacial score (nSPS) is 10.3. The van der Waals surface area contributed by atoms with Crippen LogP contribution in [0.5, 0.6) is 0 Å². The van der Waals surface area contributed by atoms with Crippen LogP contribution in [0.1, 0.15) is 18.3 Å². The summed E-state index contributed by atoms with van der Waals surface area (Å²) >= 11 is 5.89. The summed E-state index contributed by atoms with van der Waals surface area (Å²) in [7, 11) is 0. The molecule has 0 aliphatic rings. The monoisotopic (exact) mass is 321 g/mol. The van der Waals surface area contributed by atoms with E-state index in [1.807, 2.05) is 37.3 Å². The molecule has 22 heavy (non-hydrogen) atoms. The second-order valence-electron chi connectivity index (χ2n) is 4.32. The molecule has 0 aliphatic heterocycles. The Morgan fingerprint density at radius 3 is 2.73 bits per heavy atom. The fourth-order valence-corrected chi connectivity index (χ4v) is 1.85. The van der Waals surface area contributed by atoms with Gasteiger partial charge in [-0.2, -0.15) is 0 Å². The number of rotatable bonds is 6. The van der Waals surface area contributed by atoms with Crippen LogP contribution in [0.15, 0.2) is 36.4 Å². The topological polar surface area (TPSA) is 73.3 Å².